The van der Waals surface area contributed by atoms with E-state index in [0.717, 1.165) is 10.0 Å². The number of benzene rings is 2. The van der Waals surface area contributed by atoms with Crippen molar-refractivity contribution in [2.24, 2.45) is 5.10 Å². The largest absolute Gasteiger partial charge is 0.295 e. The number of hydrogen-bond donors (Lipinski definition) is 2. The van der Waals surface area contributed by atoms with Crippen molar-refractivity contribution in [2.45, 2.75) is 13.8 Å². The van der Waals surface area contributed by atoms with Crippen LogP contribution >= 0.6 is 15.9 Å². The molecule has 138 valence electrons. The Hall–Kier alpha value is -3.00. The van der Waals surface area contributed by atoms with Gasteiger partial charge >= 0.3 is 0 Å². The number of aromatic nitrogens is 2. The monoisotopic (exact) mass is 430 g/mol. The van der Waals surface area contributed by atoms with Crippen LogP contribution in [0.3, 0.4) is 0 Å². The minimum atomic E-state index is -0.497. The number of carbonyl (C=O) groups excluding carboxylic acids is 1. The first kappa shape index (κ1) is 18.8. The molecular weight excluding hydrogens is 415 g/mol. The van der Waals surface area contributed by atoms with E-state index in [4.69, 9.17) is 0 Å². The fourth-order valence-corrected chi connectivity index (χ4v) is 2.73. The molecule has 2 aromatic carbocycles. The van der Waals surface area contributed by atoms with Crippen LogP contribution in [-0.4, -0.2) is 21.9 Å². The van der Waals surface area contributed by atoms with Crippen LogP contribution < -0.4 is 11.0 Å². The summed E-state index contributed by atoms with van der Waals surface area (Å²) in [5.41, 5.74) is 4.94. The van der Waals surface area contributed by atoms with Gasteiger partial charge in [-0.2, -0.15) is 5.10 Å². The molecule has 1 aromatic heterocycles. The van der Waals surface area contributed by atoms with Crippen LogP contribution in [0.15, 0.2) is 56.8 Å². The highest BCUT2D eigenvalue weighted by Gasteiger charge is 2.12. The smallest absolute Gasteiger partial charge is 0.280 e. The molecule has 0 saturated carbocycles. The van der Waals surface area contributed by atoms with Gasteiger partial charge in [-0.1, -0.05) is 15.9 Å². The average molecular weight is 431 g/mol. The molecule has 0 fully saturated rings. The van der Waals surface area contributed by atoms with Gasteiger partial charge in [0.1, 0.15) is 5.82 Å². The summed E-state index contributed by atoms with van der Waals surface area (Å²) in [6, 6.07) is 10.6. The van der Waals surface area contributed by atoms with Gasteiger partial charge in [0, 0.05) is 15.7 Å². The zero-order valence-corrected chi connectivity index (χ0v) is 16.2. The predicted octanol–water partition coefficient (Wildman–Crippen LogP) is 3.45. The molecule has 0 aliphatic rings. The highest BCUT2D eigenvalue weighted by Crippen LogP contribution is 2.18. The van der Waals surface area contributed by atoms with Crippen LogP contribution in [0.4, 0.5) is 4.39 Å². The Morgan fingerprint density at radius 2 is 1.93 bits per heavy atom. The van der Waals surface area contributed by atoms with Crippen molar-refractivity contribution in [3.8, 4) is 5.69 Å². The summed E-state index contributed by atoms with van der Waals surface area (Å²) < 4.78 is 15.3. The van der Waals surface area contributed by atoms with E-state index in [1.807, 2.05) is 25.1 Å². The summed E-state index contributed by atoms with van der Waals surface area (Å²) in [6.07, 6.45) is 1.29. The van der Waals surface area contributed by atoms with Gasteiger partial charge in [0.15, 0.2) is 0 Å². The van der Waals surface area contributed by atoms with Crippen molar-refractivity contribution in [2.75, 3.05) is 0 Å². The van der Waals surface area contributed by atoms with Gasteiger partial charge in [-0.05, 0) is 61.9 Å². The molecule has 6 nitrogen and oxygen atoms in total. The molecule has 27 heavy (non-hydrogen) atoms. The molecule has 0 unspecified atom stereocenters. The molecule has 1 amide bonds. The molecule has 0 spiro atoms. The lowest BCUT2D eigenvalue weighted by Crippen LogP contribution is -2.20. The Balaban J connectivity index is 1.81. The number of H-pyrrole nitrogens is 1. The first-order valence-electron chi connectivity index (χ1n) is 8.04. The number of aryl methyl sites for hydroxylation is 2. The molecule has 2 N–H and O–H groups in total. The molecule has 8 heteroatoms. The van der Waals surface area contributed by atoms with Gasteiger partial charge in [0.25, 0.3) is 11.5 Å². The minimum Gasteiger partial charge on any atom is -0.295 e. The van der Waals surface area contributed by atoms with Gasteiger partial charge in [-0.3, -0.25) is 14.7 Å². The number of nitrogens with one attached hydrogen (secondary N) is 2. The quantitative estimate of drug-likeness (QED) is 0.490. The number of rotatable bonds is 4. The number of aromatic amines is 1. The maximum atomic E-state index is 12.9. The van der Waals surface area contributed by atoms with Crippen LogP contribution in [0.25, 0.3) is 5.69 Å². The lowest BCUT2D eigenvalue weighted by atomic mass is 10.2. The van der Waals surface area contributed by atoms with Crippen molar-refractivity contribution in [3.05, 3.63) is 85.5 Å². The summed E-state index contributed by atoms with van der Waals surface area (Å²) in [6.45, 7) is 3.68. The van der Waals surface area contributed by atoms with Gasteiger partial charge in [0.05, 0.1) is 17.5 Å². The Labute approximate surface area is 162 Å². The van der Waals surface area contributed by atoms with E-state index in [1.165, 1.54) is 35.2 Å². The Morgan fingerprint density at radius 1 is 1.22 bits per heavy atom. The van der Waals surface area contributed by atoms with E-state index in [9.17, 15) is 14.0 Å². The van der Waals surface area contributed by atoms with E-state index in [0.29, 0.717) is 16.9 Å². The van der Waals surface area contributed by atoms with Crippen molar-refractivity contribution < 1.29 is 9.18 Å². The van der Waals surface area contributed by atoms with Gasteiger partial charge in [0.2, 0.25) is 0 Å². The van der Waals surface area contributed by atoms with Crippen molar-refractivity contribution in [3.63, 3.8) is 0 Å². The van der Waals surface area contributed by atoms with Crippen molar-refractivity contribution >= 4 is 28.1 Å². The fraction of sp³-hybridized carbons (Fsp3) is 0.105. The normalized spacial score (nSPS) is 11.1. The molecule has 3 aromatic rings. The van der Waals surface area contributed by atoms with Gasteiger partial charge in [-0.25, -0.2) is 14.5 Å². The number of halogens is 2. The maximum absolute atomic E-state index is 12.9. The summed E-state index contributed by atoms with van der Waals surface area (Å²) in [7, 11) is 0. The van der Waals surface area contributed by atoms with Crippen molar-refractivity contribution in [1.29, 1.82) is 0 Å². The van der Waals surface area contributed by atoms with Crippen LogP contribution in [0.1, 0.15) is 27.2 Å². The molecule has 0 aliphatic heterocycles. The van der Waals surface area contributed by atoms with Crippen molar-refractivity contribution in [1.82, 2.24) is 15.2 Å². The van der Waals surface area contributed by atoms with Crippen LogP contribution in [0, 0.1) is 19.7 Å². The number of carbonyl (C=O) groups is 1. The fourth-order valence-electron chi connectivity index (χ4n) is 2.48. The molecule has 0 radical (unpaired) electrons. The van der Waals surface area contributed by atoms with Crippen LogP contribution in [0.2, 0.25) is 0 Å². The lowest BCUT2D eigenvalue weighted by molar-refractivity contribution is 0.0955. The predicted molar refractivity (Wildman–Crippen MR) is 105 cm³/mol. The maximum Gasteiger partial charge on any atom is 0.280 e. The first-order valence-corrected chi connectivity index (χ1v) is 8.83. The first-order chi connectivity index (χ1) is 12.9. The number of amides is 1. The molecule has 3 rings (SSSR count). The second-order valence-corrected chi connectivity index (χ2v) is 6.78. The molecule has 0 aliphatic carbocycles. The third-order valence-electron chi connectivity index (χ3n) is 3.98. The zero-order chi connectivity index (χ0) is 19.6. The second-order valence-electron chi connectivity index (χ2n) is 5.93. The second kappa shape index (κ2) is 7.71. The third-order valence-corrected chi connectivity index (χ3v) is 4.87. The van der Waals surface area contributed by atoms with E-state index in [-0.39, 0.29) is 11.1 Å². The number of hydrogen-bond acceptors (Lipinski definition) is 3. The minimum absolute atomic E-state index is 0.266. The molecular formula is C19H16BrFN4O2. The highest BCUT2D eigenvalue weighted by atomic mass is 79.9. The van der Waals surface area contributed by atoms with E-state index < -0.39 is 11.7 Å². The number of hydrazone groups is 1. The standard InChI is InChI=1S/C19H16BrFN4O2/c1-11-9-15(7-8-17(11)20)25-19(27)16(12(2)24-25)10-22-23-18(26)13-3-5-14(21)6-4-13/h3-10,24H,1-2H3,(H,23,26). The summed E-state index contributed by atoms with van der Waals surface area (Å²) in [5.74, 6) is -0.926. The van der Waals surface area contributed by atoms with E-state index >= 15 is 0 Å². The van der Waals surface area contributed by atoms with Gasteiger partial charge < -0.3 is 0 Å². The topological polar surface area (TPSA) is 79.2 Å². The molecule has 0 bridgehead atoms. The van der Waals surface area contributed by atoms with Crippen LogP contribution in [-0.2, 0) is 0 Å². The Morgan fingerprint density at radius 3 is 2.59 bits per heavy atom. The van der Waals surface area contributed by atoms with E-state index in [1.54, 1.807) is 6.92 Å². The Kier molecular flexibility index (Phi) is 5.36. The highest BCUT2D eigenvalue weighted by molar-refractivity contribution is 9.10. The van der Waals surface area contributed by atoms with E-state index in [2.05, 4.69) is 31.6 Å². The third kappa shape index (κ3) is 4.06. The lowest BCUT2D eigenvalue weighted by Gasteiger charge is -2.04. The number of nitrogens with zero attached hydrogens (tertiary/aromatic N) is 2. The summed E-state index contributed by atoms with van der Waals surface area (Å²) in [4.78, 5) is 24.6. The Bertz CT molecular complexity index is 1080. The van der Waals surface area contributed by atoms with Crippen LogP contribution in [0.5, 0.6) is 0 Å². The average Bonchev–Trinajstić information content (AvgIpc) is 2.92. The zero-order valence-electron chi connectivity index (χ0n) is 14.6. The summed E-state index contributed by atoms with van der Waals surface area (Å²) >= 11 is 3.43. The van der Waals surface area contributed by atoms with Gasteiger partial charge in [-0.15, -0.1) is 0 Å². The molecule has 0 saturated heterocycles. The molecule has 1 heterocycles. The summed E-state index contributed by atoms with van der Waals surface area (Å²) in [5, 5.41) is 6.84. The SMILES string of the molecule is Cc1cc(-n2[nH]c(C)c(C=NNC(=O)c3ccc(F)cc3)c2=O)ccc1Br. The molecule has 0 atom stereocenters.